The van der Waals surface area contributed by atoms with Crippen LogP contribution in [0.3, 0.4) is 0 Å². The molecule has 1 rings (SSSR count). The summed E-state index contributed by atoms with van der Waals surface area (Å²) in [7, 11) is 0. The third-order valence-corrected chi connectivity index (χ3v) is 2.91. The number of hydrogen-bond donors (Lipinski definition) is 2. The fraction of sp³-hybridized carbons (Fsp3) is 0.900. The predicted molar refractivity (Wildman–Crippen MR) is 54.9 cm³/mol. The van der Waals surface area contributed by atoms with Gasteiger partial charge in [0, 0.05) is 12.6 Å². The molecule has 2 atom stereocenters. The highest BCUT2D eigenvalue weighted by Gasteiger charge is 2.31. The zero-order valence-electron chi connectivity index (χ0n) is 9.01. The lowest BCUT2D eigenvalue weighted by Gasteiger charge is -2.38. The van der Waals surface area contributed by atoms with Gasteiger partial charge in [0.05, 0.1) is 12.1 Å². The van der Waals surface area contributed by atoms with Crippen LogP contribution in [0.25, 0.3) is 0 Å². The van der Waals surface area contributed by atoms with Crippen LogP contribution in [0.4, 0.5) is 0 Å². The van der Waals surface area contributed by atoms with Gasteiger partial charge in [-0.3, -0.25) is 4.79 Å². The Bertz CT molecular complexity index is 208. The van der Waals surface area contributed by atoms with E-state index >= 15 is 0 Å². The van der Waals surface area contributed by atoms with Crippen LogP contribution in [0.15, 0.2) is 0 Å². The van der Waals surface area contributed by atoms with Gasteiger partial charge in [-0.1, -0.05) is 6.92 Å². The van der Waals surface area contributed by atoms with Crippen molar-refractivity contribution in [2.45, 2.75) is 44.8 Å². The molecule has 14 heavy (non-hydrogen) atoms. The number of rotatable bonds is 4. The lowest BCUT2D eigenvalue weighted by atomic mass is 9.90. The van der Waals surface area contributed by atoms with Crippen molar-refractivity contribution in [1.82, 2.24) is 5.32 Å². The van der Waals surface area contributed by atoms with Crippen LogP contribution < -0.4 is 11.1 Å². The topological polar surface area (TPSA) is 64.3 Å². The van der Waals surface area contributed by atoms with E-state index in [0.29, 0.717) is 6.04 Å². The molecule has 0 radical (unpaired) electrons. The standard InChI is InChI=1S/C10H20N2O2/c1-3-10(2)6-8(4-5-14-10)12-7-9(11)13/h8,12H,3-7H2,1-2H3,(H2,11,13). The summed E-state index contributed by atoms with van der Waals surface area (Å²) in [5, 5.41) is 3.16. The lowest BCUT2D eigenvalue weighted by Crippen LogP contribution is -2.47. The maximum absolute atomic E-state index is 10.6. The van der Waals surface area contributed by atoms with Gasteiger partial charge in [0.15, 0.2) is 0 Å². The second kappa shape index (κ2) is 4.75. The molecule has 1 saturated heterocycles. The molecule has 0 aromatic carbocycles. The number of hydrogen-bond acceptors (Lipinski definition) is 3. The Morgan fingerprint density at radius 1 is 1.71 bits per heavy atom. The van der Waals surface area contributed by atoms with Crippen LogP contribution in [0.5, 0.6) is 0 Å². The number of nitrogens with two attached hydrogens (primary N) is 1. The molecule has 4 nitrogen and oxygen atoms in total. The molecular formula is C10H20N2O2. The second-order valence-electron chi connectivity index (χ2n) is 4.19. The number of primary amides is 1. The second-order valence-corrected chi connectivity index (χ2v) is 4.19. The van der Waals surface area contributed by atoms with Crippen molar-refractivity contribution < 1.29 is 9.53 Å². The summed E-state index contributed by atoms with van der Waals surface area (Å²) in [4.78, 5) is 10.6. The van der Waals surface area contributed by atoms with Crippen LogP contribution in [0.1, 0.15) is 33.1 Å². The zero-order valence-corrected chi connectivity index (χ0v) is 9.01. The molecule has 0 saturated carbocycles. The van der Waals surface area contributed by atoms with E-state index in [2.05, 4.69) is 19.2 Å². The van der Waals surface area contributed by atoms with Gasteiger partial charge in [-0.15, -0.1) is 0 Å². The van der Waals surface area contributed by atoms with Crippen LogP contribution in [-0.4, -0.2) is 30.7 Å². The van der Waals surface area contributed by atoms with E-state index in [0.717, 1.165) is 25.9 Å². The molecule has 2 unspecified atom stereocenters. The van der Waals surface area contributed by atoms with Gasteiger partial charge in [-0.05, 0) is 26.2 Å². The van der Waals surface area contributed by atoms with Gasteiger partial charge in [0.1, 0.15) is 0 Å². The van der Waals surface area contributed by atoms with E-state index in [1.54, 1.807) is 0 Å². The summed E-state index contributed by atoms with van der Waals surface area (Å²) in [5.41, 5.74) is 5.04. The summed E-state index contributed by atoms with van der Waals surface area (Å²) in [6.07, 6.45) is 2.92. The van der Waals surface area contributed by atoms with E-state index < -0.39 is 0 Å². The molecule has 1 aliphatic rings. The highest BCUT2D eigenvalue weighted by Crippen LogP contribution is 2.27. The van der Waals surface area contributed by atoms with Gasteiger partial charge in [0.25, 0.3) is 0 Å². The Morgan fingerprint density at radius 2 is 2.43 bits per heavy atom. The maximum atomic E-state index is 10.6. The van der Waals surface area contributed by atoms with E-state index in [9.17, 15) is 4.79 Å². The fourth-order valence-corrected chi connectivity index (χ4v) is 1.80. The average Bonchev–Trinajstić information content (AvgIpc) is 2.15. The molecule has 1 aliphatic heterocycles. The van der Waals surface area contributed by atoms with Crippen molar-refractivity contribution in [3.63, 3.8) is 0 Å². The first-order chi connectivity index (χ1) is 6.56. The Balaban J connectivity index is 2.36. The minimum atomic E-state index is -0.297. The highest BCUT2D eigenvalue weighted by molar-refractivity contribution is 5.75. The predicted octanol–water partition coefficient (Wildman–Crippen LogP) is 0.409. The van der Waals surface area contributed by atoms with Gasteiger partial charge >= 0.3 is 0 Å². The Hall–Kier alpha value is -0.610. The first-order valence-corrected chi connectivity index (χ1v) is 5.21. The molecule has 1 heterocycles. The molecule has 0 aliphatic carbocycles. The van der Waals surface area contributed by atoms with Gasteiger partial charge in [0.2, 0.25) is 5.91 Å². The monoisotopic (exact) mass is 200 g/mol. The van der Waals surface area contributed by atoms with Crippen molar-refractivity contribution in [2.75, 3.05) is 13.2 Å². The first kappa shape index (κ1) is 11.5. The molecular weight excluding hydrogens is 180 g/mol. The van der Waals surface area contributed by atoms with Crippen molar-refractivity contribution in [2.24, 2.45) is 5.73 Å². The maximum Gasteiger partial charge on any atom is 0.231 e. The van der Waals surface area contributed by atoms with Crippen LogP contribution in [-0.2, 0) is 9.53 Å². The first-order valence-electron chi connectivity index (χ1n) is 5.21. The molecule has 0 aromatic rings. The zero-order chi connectivity index (χ0) is 10.6. The Kier molecular flexibility index (Phi) is 3.89. The summed E-state index contributed by atoms with van der Waals surface area (Å²) in [6, 6.07) is 0.362. The van der Waals surface area contributed by atoms with Gasteiger partial charge in [-0.2, -0.15) is 0 Å². The molecule has 1 amide bonds. The number of carbonyl (C=O) groups excluding carboxylic acids is 1. The third-order valence-electron chi connectivity index (χ3n) is 2.91. The van der Waals surface area contributed by atoms with Gasteiger partial charge in [-0.25, -0.2) is 0 Å². The fourth-order valence-electron chi connectivity index (χ4n) is 1.80. The van der Waals surface area contributed by atoms with Crippen molar-refractivity contribution in [1.29, 1.82) is 0 Å². The third kappa shape index (κ3) is 3.27. The van der Waals surface area contributed by atoms with Crippen LogP contribution in [0.2, 0.25) is 0 Å². The van der Waals surface area contributed by atoms with Crippen molar-refractivity contribution in [3.05, 3.63) is 0 Å². The van der Waals surface area contributed by atoms with Crippen LogP contribution >= 0.6 is 0 Å². The smallest absolute Gasteiger partial charge is 0.231 e. The molecule has 3 N–H and O–H groups in total. The molecule has 0 aromatic heterocycles. The minimum Gasteiger partial charge on any atom is -0.375 e. The normalized spacial score (nSPS) is 32.9. The van der Waals surface area contributed by atoms with Crippen molar-refractivity contribution in [3.8, 4) is 0 Å². The number of ether oxygens (including phenoxy) is 1. The number of carbonyl (C=O) groups is 1. The largest absolute Gasteiger partial charge is 0.375 e. The van der Waals surface area contributed by atoms with E-state index in [1.165, 1.54) is 0 Å². The van der Waals surface area contributed by atoms with Crippen molar-refractivity contribution >= 4 is 5.91 Å². The minimum absolute atomic E-state index is 0.0342. The van der Waals surface area contributed by atoms with Gasteiger partial charge < -0.3 is 15.8 Å². The Morgan fingerprint density at radius 3 is 3.00 bits per heavy atom. The van der Waals surface area contributed by atoms with E-state index in [1.807, 2.05) is 0 Å². The SMILES string of the molecule is CCC1(C)CC(NCC(N)=O)CCO1. The summed E-state index contributed by atoms with van der Waals surface area (Å²) in [5.74, 6) is -0.297. The quantitative estimate of drug-likeness (QED) is 0.691. The summed E-state index contributed by atoms with van der Waals surface area (Å²) in [6.45, 7) is 5.27. The molecule has 0 bridgehead atoms. The molecule has 0 spiro atoms. The average molecular weight is 200 g/mol. The molecule has 82 valence electrons. The van der Waals surface area contributed by atoms with E-state index in [-0.39, 0.29) is 18.1 Å². The number of amides is 1. The lowest BCUT2D eigenvalue weighted by molar-refractivity contribution is -0.118. The highest BCUT2D eigenvalue weighted by atomic mass is 16.5. The van der Waals surface area contributed by atoms with Crippen LogP contribution in [0, 0.1) is 0 Å². The summed E-state index contributed by atoms with van der Waals surface area (Å²) >= 11 is 0. The molecule has 4 heteroatoms. The Labute approximate surface area is 85.2 Å². The molecule has 1 fully saturated rings. The number of nitrogens with one attached hydrogen (secondary N) is 1. The van der Waals surface area contributed by atoms with E-state index in [4.69, 9.17) is 10.5 Å². The summed E-state index contributed by atoms with van der Waals surface area (Å²) < 4.78 is 5.70.